The van der Waals surface area contributed by atoms with Crippen LogP contribution >= 0.6 is 0 Å². The maximum Gasteiger partial charge on any atom is 0.326 e. The number of rotatable bonds is 10. The number of hydrogen-bond donors (Lipinski definition) is 5. The van der Waals surface area contributed by atoms with Gasteiger partial charge in [0.05, 0.1) is 12.0 Å². The molecule has 1 rings (SSSR count). The molecular weight excluding hydrogens is 344 g/mol. The van der Waals surface area contributed by atoms with E-state index in [1.807, 2.05) is 13.8 Å². The quantitative estimate of drug-likeness (QED) is 0.356. The van der Waals surface area contributed by atoms with Crippen LogP contribution in [0.15, 0.2) is 12.5 Å². The van der Waals surface area contributed by atoms with E-state index in [1.54, 1.807) is 0 Å². The Hall–Kier alpha value is -2.91. The van der Waals surface area contributed by atoms with Crippen LogP contribution in [0.25, 0.3) is 0 Å². The van der Waals surface area contributed by atoms with Crippen LogP contribution in [0.5, 0.6) is 0 Å². The van der Waals surface area contributed by atoms with Crippen molar-refractivity contribution in [3.8, 4) is 0 Å². The Bertz CT molecular complexity index is 643. The van der Waals surface area contributed by atoms with E-state index in [1.165, 1.54) is 19.4 Å². The van der Waals surface area contributed by atoms with Gasteiger partial charge < -0.3 is 25.8 Å². The van der Waals surface area contributed by atoms with Crippen molar-refractivity contribution < 1.29 is 29.4 Å². The summed E-state index contributed by atoms with van der Waals surface area (Å²) in [6.45, 7) is 4.86. The number of imidazole rings is 1. The smallest absolute Gasteiger partial charge is 0.326 e. The van der Waals surface area contributed by atoms with Crippen molar-refractivity contribution in [2.75, 3.05) is 0 Å². The molecule has 1 aromatic rings. The highest BCUT2D eigenvalue weighted by Gasteiger charge is 2.30. The van der Waals surface area contributed by atoms with Crippen LogP contribution in [0.1, 0.15) is 32.9 Å². The normalized spacial score (nSPS) is 14.3. The largest absolute Gasteiger partial charge is 0.481 e. The Morgan fingerprint density at radius 2 is 1.65 bits per heavy atom. The lowest BCUT2D eigenvalue weighted by Crippen LogP contribution is -2.53. The number of carbonyl (C=O) groups excluding carboxylic acids is 2. The van der Waals surface area contributed by atoms with Crippen molar-refractivity contribution in [2.45, 2.75) is 45.7 Å². The zero-order valence-electron chi connectivity index (χ0n) is 14.9. The average Bonchev–Trinajstić information content (AvgIpc) is 3.04. The molecule has 5 N–H and O–H groups in total. The minimum Gasteiger partial charge on any atom is -0.481 e. The zero-order valence-corrected chi connectivity index (χ0v) is 14.9. The van der Waals surface area contributed by atoms with Gasteiger partial charge in [0.1, 0.15) is 18.0 Å². The van der Waals surface area contributed by atoms with Crippen molar-refractivity contribution >= 4 is 23.8 Å². The maximum absolute atomic E-state index is 12.5. The summed E-state index contributed by atoms with van der Waals surface area (Å²) in [5.74, 6) is -5.36. The molecule has 10 nitrogen and oxygen atoms in total. The van der Waals surface area contributed by atoms with Crippen LogP contribution in [0.2, 0.25) is 0 Å². The molecule has 2 amide bonds. The van der Waals surface area contributed by atoms with Gasteiger partial charge in [0.15, 0.2) is 0 Å². The van der Waals surface area contributed by atoms with E-state index in [4.69, 9.17) is 5.11 Å². The zero-order chi connectivity index (χ0) is 19.9. The first-order valence-electron chi connectivity index (χ1n) is 8.15. The summed E-state index contributed by atoms with van der Waals surface area (Å²) in [7, 11) is 0. The Kier molecular flexibility index (Phi) is 7.76. The van der Waals surface area contributed by atoms with Crippen LogP contribution in [0.4, 0.5) is 0 Å². The predicted molar refractivity (Wildman–Crippen MR) is 90.0 cm³/mol. The van der Waals surface area contributed by atoms with Crippen LogP contribution in [0.3, 0.4) is 0 Å². The summed E-state index contributed by atoms with van der Waals surface area (Å²) in [5, 5.41) is 23.0. The van der Waals surface area contributed by atoms with E-state index in [-0.39, 0.29) is 18.8 Å². The summed E-state index contributed by atoms with van der Waals surface area (Å²) < 4.78 is 0. The van der Waals surface area contributed by atoms with Crippen molar-refractivity contribution in [3.05, 3.63) is 18.2 Å². The fourth-order valence-electron chi connectivity index (χ4n) is 2.20. The summed E-state index contributed by atoms with van der Waals surface area (Å²) in [6.07, 6.45) is 3.12. The molecule has 0 aliphatic rings. The molecule has 144 valence electrons. The standard InChI is InChI=1S/C16H24N4O6/c1-8(2)4-11(19-13(21)9(3)15(23)24)14(22)20-12(16(25)26)5-10-6-17-7-18-10/h6-9,11-12H,4-5H2,1-3H3,(H,17,18)(H,19,21)(H,20,22)(H,23,24)(H,25,26)/t9?,11-,12-/m1/s1. The van der Waals surface area contributed by atoms with Gasteiger partial charge in [-0.1, -0.05) is 13.8 Å². The molecule has 3 atom stereocenters. The number of carbonyl (C=O) groups is 4. The van der Waals surface area contributed by atoms with Crippen molar-refractivity contribution in [1.82, 2.24) is 20.6 Å². The third-order valence-electron chi connectivity index (χ3n) is 3.69. The highest BCUT2D eigenvalue weighted by molar-refractivity contribution is 5.99. The van der Waals surface area contributed by atoms with E-state index in [0.717, 1.165) is 0 Å². The molecule has 10 heteroatoms. The first-order valence-corrected chi connectivity index (χ1v) is 8.15. The molecule has 1 unspecified atom stereocenters. The van der Waals surface area contributed by atoms with Gasteiger partial charge in [-0.3, -0.25) is 14.4 Å². The van der Waals surface area contributed by atoms with Gasteiger partial charge in [-0.05, 0) is 19.3 Å². The predicted octanol–water partition coefficient (Wildman–Crippen LogP) is -0.227. The van der Waals surface area contributed by atoms with E-state index in [9.17, 15) is 24.3 Å². The molecule has 0 saturated heterocycles. The molecular formula is C16H24N4O6. The first kappa shape index (κ1) is 21.1. The third-order valence-corrected chi connectivity index (χ3v) is 3.69. The number of hydrogen-bond acceptors (Lipinski definition) is 5. The highest BCUT2D eigenvalue weighted by atomic mass is 16.4. The van der Waals surface area contributed by atoms with E-state index in [2.05, 4.69) is 20.6 Å². The molecule has 0 radical (unpaired) electrons. The Morgan fingerprint density at radius 3 is 2.12 bits per heavy atom. The Balaban J connectivity index is 2.84. The molecule has 0 saturated carbocycles. The summed E-state index contributed by atoms with van der Waals surface area (Å²) >= 11 is 0. The van der Waals surface area contributed by atoms with Crippen molar-refractivity contribution in [3.63, 3.8) is 0 Å². The maximum atomic E-state index is 12.5. The van der Waals surface area contributed by atoms with Crippen LogP contribution in [-0.2, 0) is 25.6 Å². The van der Waals surface area contributed by atoms with Gasteiger partial charge in [-0.25, -0.2) is 9.78 Å². The van der Waals surface area contributed by atoms with E-state index in [0.29, 0.717) is 5.69 Å². The molecule has 26 heavy (non-hydrogen) atoms. The lowest BCUT2D eigenvalue weighted by molar-refractivity contribution is -0.147. The number of carboxylic acid groups (broad SMARTS) is 2. The van der Waals surface area contributed by atoms with Gasteiger partial charge in [0, 0.05) is 12.6 Å². The summed E-state index contributed by atoms with van der Waals surface area (Å²) in [5.41, 5.74) is 0.460. The van der Waals surface area contributed by atoms with Gasteiger partial charge in [0.25, 0.3) is 0 Å². The van der Waals surface area contributed by atoms with Gasteiger partial charge in [-0.15, -0.1) is 0 Å². The topological polar surface area (TPSA) is 161 Å². The number of aromatic nitrogens is 2. The number of nitrogens with zero attached hydrogens (tertiary/aromatic N) is 1. The van der Waals surface area contributed by atoms with Crippen molar-refractivity contribution in [1.29, 1.82) is 0 Å². The molecule has 0 fully saturated rings. The van der Waals surface area contributed by atoms with Gasteiger partial charge in [0.2, 0.25) is 11.8 Å². The summed E-state index contributed by atoms with van der Waals surface area (Å²) in [6, 6.07) is -2.26. The van der Waals surface area contributed by atoms with Gasteiger partial charge in [-0.2, -0.15) is 0 Å². The molecule has 0 aromatic carbocycles. The number of H-pyrrole nitrogens is 1. The third kappa shape index (κ3) is 6.54. The highest BCUT2D eigenvalue weighted by Crippen LogP contribution is 2.08. The fraction of sp³-hybridized carbons (Fsp3) is 0.562. The number of amides is 2. The van der Waals surface area contributed by atoms with E-state index >= 15 is 0 Å². The van der Waals surface area contributed by atoms with Crippen LogP contribution < -0.4 is 10.6 Å². The minimum atomic E-state index is -1.32. The average molecular weight is 368 g/mol. The van der Waals surface area contributed by atoms with Gasteiger partial charge >= 0.3 is 11.9 Å². The second kappa shape index (κ2) is 9.54. The summed E-state index contributed by atoms with van der Waals surface area (Å²) in [4.78, 5) is 53.4. The lowest BCUT2D eigenvalue weighted by atomic mass is 10.0. The Labute approximate surface area is 150 Å². The fourth-order valence-corrected chi connectivity index (χ4v) is 2.20. The van der Waals surface area contributed by atoms with Crippen molar-refractivity contribution in [2.24, 2.45) is 11.8 Å². The first-order chi connectivity index (χ1) is 12.1. The molecule has 0 aliphatic carbocycles. The second-order valence-electron chi connectivity index (χ2n) is 6.41. The molecule has 1 aromatic heterocycles. The number of aliphatic carboxylic acids is 2. The number of aromatic amines is 1. The molecule has 1 heterocycles. The Morgan fingerprint density at radius 1 is 1.04 bits per heavy atom. The number of carboxylic acids is 2. The van der Waals surface area contributed by atoms with E-state index < -0.39 is 41.8 Å². The second-order valence-corrected chi connectivity index (χ2v) is 6.41. The van der Waals surface area contributed by atoms with Crippen LogP contribution in [0, 0.1) is 11.8 Å². The monoisotopic (exact) mass is 368 g/mol. The molecule has 0 aliphatic heterocycles. The minimum absolute atomic E-state index is 0.0146. The van der Waals surface area contributed by atoms with Crippen LogP contribution in [-0.4, -0.2) is 56.0 Å². The molecule has 0 spiro atoms. The molecule has 0 bridgehead atoms. The lowest BCUT2D eigenvalue weighted by Gasteiger charge is -2.23. The SMILES string of the molecule is CC(C)C[C@@H](NC(=O)C(C)C(=O)O)C(=O)N[C@H](Cc1c[nH]cn1)C(=O)O. The number of nitrogens with one attached hydrogen (secondary N) is 3.